The maximum absolute atomic E-state index is 13.3. The molecule has 0 radical (unpaired) electrons. The topological polar surface area (TPSA) is 295 Å². The fraction of sp³-hybridized carbons (Fsp3) is 0.581. The molecule has 0 aromatic heterocycles. The summed E-state index contributed by atoms with van der Waals surface area (Å²) < 4.78 is 0. The van der Waals surface area contributed by atoms with Crippen molar-refractivity contribution in [3.8, 4) is 0 Å². The Balaban J connectivity index is 3.06. The van der Waals surface area contributed by atoms with Crippen LogP contribution < -0.4 is 38.9 Å². The molecule has 0 heterocycles. The molecular formula is C31H50N8O8. The summed E-state index contributed by atoms with van der Waals surface area (Å²) in [7, 11) is 0. The number of carbonyl (C=O) groups excluding carboxylic acids is 4. The van der Waals surface area contributed by atoms with Crippen LogP contribution in [0, 0.1) is 11.8 Å². The van der Waals surface area contributed by atoms with Crippen LogP contribution in [-0.2, 0) is 35.2 Å². The van der Waals surface area contributed by atoms with Gasteiger partial charge in [0, 0.05) is 13.0 Å². The van der Waals surface area contributed by atoms with E-state index in [4.69, 9.17) is 22.9 Å². The van der Waals surface area contributed by atoms with Crippen LogP contribution in [0.2, 0.25) is 0 Å². The maximum atomic E-state index is 13.3. The summed E-state index contributed by atoms with van der Waals surface area (Å²) in [5, 5.41) is 26.7. The molecule has 1 rings (SSSR count). The molecule has 2 unspecified atom stereocenters. The molecule has 0 spiro atoms. The van der Waals surface area contributed by atoms with E-state index in [0.29, 0.717) is 25.8 Å². The summed E-state index contributed by atoms with van der Waals surface area (Å²) in [4.78, 5) is 80.2. The van der Waals surface area contributed by atoms with Gasteiger partial charge in [-0.3, -0.25) is 33.8 Å². The lowest BCUT2D eigenvalue weighted by molar-refractivity contribution is -0.144. The lowest BCUT2D eigenvalue weighted by Gasteiger charge is -2.27. The van der Waals surface area contributed by atoms with E-state index in [1.165, 1.54) is 0 Å². The molecule has 1 aromatic rings. The monoisotopic (exact) mass is 662 g/mol. The molecule has 0 bridgehead atoms. The van der Waals surface area contributed by atoms with Crippen LogP contribution in [0.3, 0.4) is 0 Å². The van der Waals surface area contributed by atoms with Crippen LogP contribution in [0.4, 0.5) is 0 Å². The van der Waals surface area contributed by atoms with Crippen molar-refractivity contribution < 1.29 is 39.0 Å². The normalized spacial score (nSPS) is 14.1. The van der Waals surface area contributed by atoms with Crippen LogP contribution in [0.25, 0.3) is 0 Å². The Kier molecular flexibility index (Phi) is 18.3. The Morgan fingerprint density at radius 1 is 0.809 bits per heavy atom. The number of carboxylic acid groups (broad SMARTS) is 2. The molecular weight excluding hydrogens is 612 g/mol. The van der Waals surface area contributed by atoms with Crippen LogP contribution in [0.1, 0.15) is 64.4 Å². The molecule has 0 fully saturated rings. The van der Waals surface area contributed by atoms with Crippen LogP contribution in [0.5, 0.6) is 0 Å². The minimum absolute atomic E-state index is 0.0928. The summed E-state index contributed by atoms with van der Waals surface area (Å²) in [5.41, 5.74) is 22.8. The second-order valence-electron chi connectivity index (χ2n) is 11.7. The Labute approximate surface area is 274 Å². The standard InChI is InChI=1S/C31H50N8O8/c1-18(2)26(24(40)16-20(30(46)47)15-19-9-4-3-5-10-19)39-29(45)23(17-25(41)42)38-28(44)22(12-6-7-13-32)37-27(43)21(33)11-8-14-36-31(34)35/h3-5,9-10,18,20-23,26H,6-8,11-17,32-33H2,1-2H3,(H,37,43)(H,38,44)(H,39,45)(H,41,42)(H,46,47)(H4,34,35,36)/t20?,21-,22-,23-,26?/m0/s1. The van der Waals surface area contributed by atoms with Gasteiger partial charge in [0.2, 0.25) is 17.7 Å². The van der Waals surface area contributed by atoms with E-state index >= 15 is 0 Å². The lowest BCUT2D eigenvalue weighted by atomic mass is 9.89. The van der Waals surface area contributed by atoms with E-state index in [9.17, 15) is 39.0 Å². The van der Waals surface area contributed by atoms with Crippen molar-refractivity contribution in [2.24, 2.45) is 39.8 Å². The molecule has 0 aliphatic carbocycles. The molecule has 16 heteroatoms. The number of aliphatic imine (C=N–C) groups is 1. The van der Waals surface area contributed by atoms with Crippen molar-refractivity contribution in [2.45, 2.75) is 89.4 Å². The smallest absolute Gasteiger partial charge is 0.307 e. The summed E-state index contributed by atoms with van der Waals surface area (Å²) in [6.07, 6.45) is 0.582. The van der Waals surface area contributed by atoms with Gasteiger partial charge in [-0.2, -0.15) is 0 Å². The number of hydrogen-bond donors (Lipinski definition) is 9. The summed E-state index contributed by atoms with van der Waals surface area (Å²) in [6.45, 7) is 3.86. The molecule has 47 heavy (non-hydrogen) atoms. The van der Waals surface area contributed by atoms with Crippen molar-refractivity contribution in [2.75, 3.05) is 13.1 Å². The van der Waals surface area contributed by atoms with E-state index in [1.54, 1.807) is 44.2 Å². The molecule has 262 valence electrons. The number of nitrogens with one attached hydrogen (secondary N) is 3. The molecule has 16 nitrogen and oxygen atoms in total. The summed E-state index contributed by atoms with van der Waals surface area (Å²) in [6, 6.07) is 3.84. The van der Waals surface area contributed by atoms with Crippen molar-refractivity contribution in [1.82, 2.24) is 16.0 Å². The molecule has 0 aliphatic heterocycles. The largest absolute Gasteiger partial charge is 0.481 e. The highest BCUT2D eigenvalue weighted by atomic mass is 16.4. The molecule has 5 atom stereocenters. The average Bonchev–Trinajstić information content (AvgIpc) is 3.00. The molecule has 0 aliphatic rings. The minimum Gasteiger partial charge on any atom is -0.481 e. The fourth-order valence-corrected chi connectivity index (χ4v) is 4.74. The van der Waals surface area contributed by atoms with Crippen LogP contribution in [-0.4, -0.2) is 88.9 Å². The van der Waals surface area contributed by atoms with Gasteiger partial charge in [0.25, 0.3) is 0 Å². The number of hydrogen-bond acceptors (Lipinski definition) is 9. The van der Waals surface area contributed by atoms with Gasteiger partial charge in [0.15, 0.2) is 11.7 Å². The maximum Gasteiger partial charge on any atom is 0.307 e. The van der Waals surface area contributed by atoms with Crippen LogP contribution in [0.15, 0.2) is 35.3 Å². The lowest BCUT2D eigenvalue weighted by Crippen LogP contribution is -2.58. The first kappa shape index (κ1) is 40.5. The fourth-order valence-electron chi connectivity index (χ4n) is 4.74. The number of Topliss-reactive ketones (excluding diaryl/α,β-unsaturated/α-hetero) is 1. The average molecular weight is 663 g/mol. The predicted octanol–water partition coefficient (Wildman–Crippen LogP) is -1.02. The highest BCUT2D eigenvalue weighted by Crippen LogP contribution is 2.17. The number of nitrogens with zero attached hydrogens (tertiary/aromatic N) is 1. The second-order valence-corrected chi connectivity index (χ2v) is 11.7. The van der Waals surface area contributed by atoms with Crippen molar-refractivity contribution in [1.29, 1.82) is 0 Å². The van der Waals surface area contributed by atoms with Gasteiger partial charge in [-0.05, 0) is 56.6 Å². The van der Waals surface area contributed by atoms with Gasteiger partial charge in [0.05, 0.1) is 24.4 Å². The zero-order valence-corrected chi connectivity index (χ0v) is 27.0. The van der Waals surface area contributed by atoms with Gasteiger partial charge in [-0.25, -0.2) is 0 Å². The first-order chi connectivity index (χ1) is 22.2. The predicted molar refractivity (Wildman–Crippen MR) is 175 cm³/mol. The van der Waals surface area contributed by atoms with Gasteiger partial charge in [-0.15, -0.1) is 0 Å². The number of unbranched alkanes of at least 4 members (excludes halogenated alkanes) is 1. The second kappa shape index (κ2) is 21.3. The van der Waals surface area contributed by atoms with Crippen molar-refractivity contribution in [3.63, 3.8) is 0 Å². The number of rotatable bonds is 23. The zero-order valence-electron chi connectivity index (χ0n) is 27.0. The Morgan fingerprint density at radius 3 is 1.98 bits per heavy atom. The minimum atomic E-state index is -1.61. The number of aliphatic carboxylic acids is 2. The summed E-state index contributed by atoms with van der Waals surface area (Å²) in [5.74, 6) is -7.22. The Bertz CT molecular complexity index is 1220. The number of nitrogens with two attached hydrogens (primary N) is 4. The Morgan fingerprint density at radius 2 is 1.43 bits per heavy atom. The Hall–Kier alpha value is -4.57. The molecule has 13 N–H and O–H groups in total. The molecule has 0 saturated heterocycles. The number of carboxylic acids is 2. The van der Waals surface area contributed by atoms with E-state index in [-0.39, 0.29) is 38.2 Å². The van der Waals surface area contributed by atoms with E-state index in [2.05, 4.69) is 20.9 Å². The number of amides is 3. The summed E-state index contributed by atoms with van der Waals surface area (Å²) >= 11 is 0. The first-order valence-electron chi connectivity index (χ1n) is 15.6. The SMILES string of the molecule is CC(C)C(NC(=O)[C@H](CC(=O)O)NC(=O)[C@H](CCCCN)NC(=O)[C@@H](N)CCCN=C(N)N)C(=O)CC(Cc1ccccc1)C(=O)O. The quantitative estimate of drug-likeness (QED) is 0.0387. The highest BCUT2D eigenvalue weighted by molar-refractivity contribution is 5.97. The van der Waals surface area contributed by atoms with E-state index in [1.807, 2.05) is 0 Å². The zero-order chi connectivity index (χ0) is 35.5. The van der Waals surface area contributed by atoms with Gasteiger partial charge in [0.1, 0.15) is 12.1 Å². The number of carbonyl (C=O) groups is 6. The molecule has 1 aromatic carbocycles. The third-order valence-corrected chi connectivity index (χ3v) is 7.33. The molecule has 0 saturated carbocycles. The molecule has 3 amide bonds. The van der Waals surface area contributed by atoms with Crippen molar-refractivity contribution in [3.05, 3.63) is 35.9 Å². The van der Waals surface area contributed by atoms with E-state index in [0.717, 1.165) is 5.56 Å². The highest BCUT2D eigenvalue weighted by Gasteiger charge is 2.34. The van der Waals surface area contributed by atoms with Crippen molar-refractivity contribution >= 4 is 41.4 Å². The van der Waals surface area contributed by atoms with E-state index < -0.39 is 77.9 Å². The first-order valence-corrected chi connectivity index (χ1v) is 15.6. The van der Waals surface area contributed by atoms with Gasteiger partial charge < -0.3 is 49.1 Å². The van der Waals surface area contributed by atoms with Gasteiger partial charge in [-0.1, -0.05) is 44.2 Å². The van der Waals surface area contributed by atoms with Gasteiger partial charge >= 0.3 is 11.9 Å². The third-order valence-electron chi connectivity index (χ3n) is 7.33. The number of ketones is 1. The number of benzene rings is 1. The third kappa shape index (κ3) is 16.0. The van der Waals surface area contributed by atoms with Crippen LogP contribution >= 0.6 is 0 Å². The number of guanidine groups is 1.